The van der Waals surface area contributed by atoms with Crippen LogP contribution in [0, 0.1) is 6.92 Å². The highest BCUT2D eigenvalue weighted by atomic mass is 16.5. The number of hydrogen-bond donors (Lipinski definition) is 1. The minimum atomic E-state index is -0.102. The summed E-state index contributed by atoms with van der Waals surface area (Å²) in [4.78, 5) is 20.1. The van der Waals surface area contributed by atoms with E-state index in [1.807, 2.05) is 23.7 Å². The Morgan fingerprint density at radius 1 is 1.20 bits per heavy atom. The molecule has 0 aliphatic carbocycles. The summed E-state index contributed by atoms with van der Waals surface area (Å²) in [5, 5.41) is 8.32. The summed E-state index contributed by atoms with van der Waals surface area (Å²) in [5.74, 6) is -0.102. The Labute approximate surface area is 177 Å². The molecule has 1 aromatic carbocycles. The molecule has 1 N–H and O–H groups in total. The van der Waals surface area contributed by atoms with Crippen molar-refractivity contribution in [3.05, 3.63) is 58.9 Å². The van der Waals surface area contributed by atoms with Crippen LogP contribution in [0.3, 0.4) is 0 Å². The zero-order chi connectivity index (χ0) is 21.1. The maximum Gasteiger partial charge on any atom is 0.252 e. The van der Waals surface area contributed by atoms with E-state index in [0.29, 0.717) is 12.1 Å². The number of nitrogens with one attached hydrogen (secondary N) is 1. The first-order chi connectivity index (χ1) is 14.5. The van der Waals surface area contributed by atoms with E-state index in [9.17, 15) is 4.79 Å². The van der Waals surface area contributed by atoms with Crippen molar-refractivity contribution in [1.82, 2.24) is 25.0 Å². The van der Waals surface area contributed by atoms with Crippen molar-refractivity contribution in [1.29, 1.82) is 0 Å². The van der Waals surface area contributed by atoms with Crippen molar-refractivity contribution < 1.29 is 9.53 Å². The van der Waals surface area contributed by atoms with Gasteiger partial charge in [0.1, 0.15) is 0 Å². The molecule has 0 saturated carbocycles. The third-order valence-corrected chi connectivity index (χ3v) is 5.48. The summed E-state index contributed by atoms with van der Waals surface area (Å²) in [7, 11) is 0. The number of morpholine rings is 1. The van der Waals surface area contributed by atoms with Gasteiger partial charge in [-0.1, -0.05) is 24.3 Å². The molecule has 7 nitrogen and oxygen atoms in total. The van der Waals surface area contributed by atoms with Crippen LogP contribution in [0.4, 0.5) is 0 Å². The first-order valence-electron chi connectivity index (χ1n) is 10.5. The number of pyridine rings is 1. The zero-order valence-electron chi connectivity index (χ0n) is 17.9. The average molecular weight is 408 g/mol. The molecule has 0 unspecified atom stereocenters. The van der Waals surface area contributed by atoms with Gasteiger partial charge in [0.2, 0.25) is 0 Å². The number of amides is 1. The maximum atomic E-state index is 13.1. The molecular formula is C23H29N5O2. The quantitative estimate of drug-likeness (QED) is 0.680. The number of hydrogen-bond acceptors (Lipinski definition) is 5. The lowest BCUT2D eigenvalue weighted by Crippen LogP contribution is -2.36. The second-order valence-electron chi connectivity index (χ2n) is 8.07. The molecule has 30 heavy (non-hydrogen) atoms. The van der Waals surface area contributed by atoms with E-state index in [4.69, 9.17) is 4.74 Å². The van der Waals surface area contributed by atoms with Gasteiger partial charge in [0.15, 0.2) is 5.65 Å². The molecule has 0 radical (unpaired) electrons. The summed E-state index contributed by atoms with van der Waals surface area (Å²) in [6.07, 6.45) is 1.74. The third kappa shape index (κ3) is 4.37. The molecule has 4 rings (SSSR count). The van der Waals surface area contributed by atoms with Gasteiger partial charge < -0.3 is 10.1 Å². The van der Waals surface area contributed by atoms with Crippen LogP contribution in [-0.4, -0.2) is 51.9 Å². The van der Waals surface area contributed by atoms with E-state index in [-0.39, 0.29) is 11.9 Å². The van der Waals surface area contributed by atoms with Crippen molar-refractivity contribution in [2.75, 3.05) is 26.3 Å². The minimum absolute atomic E-state index is 0.102. The lowest BCUT2D eigenvalue weighted by Gasteiger charge is -2.27. The first-order valence-corrected chi connectivity index (χ1v) is 10.5. The predicted octanol–water partition coefficient (Wildman–Crippen LogP) is 3.08. The molecule has 158 valence electrons. The number of aryl methyl sites for hydroxylation is 1. The SMILES string of the molecule is Cc1cc(C(=O)NCc2ccccc2CN2CCOCC2)c2cnn(C(C)C)c2n1. The normalized spacial score (nSPS) is 15.1. The Bertz CT molecular complexity index is 1040. The number of fused-ring (bicyclic) bond motifs is 1. The fourth-order valence-electron chi connectivity index (χ4n) is 3.86. The van der Waals surface area contributed by atoms with Gasteiger partial charge in [0.05, 0.1) is 30.4 Å². The van der Waals surface area contributed by atoms with Gasteiger partial charge in [-0.15, -0.1) is 0 Å². The second-order valence-corrected chi connectivity index (χ2v) is 8.07. The summed E-state index contributed by atoms with van der Waals surface area (Å²) in [5.41, 5.74) is 4.56. The molecule has 2 aromatic heterocycles. The minimum Gasteiger partial charge on any atom is -0.379 e. The Balaban J connectivity index is 1.52. The molecule has 0 spiro atoms. The number of rotatable bonds is 6. The van der Waals surface area contributed by atoms with Crippen LogP contribution >= 0.6 is 0 Å². The summed E-state index contributed by atoms with van der Waals surface area (Å²) >= 11 is 0. The highest BCUT2D eigenvalue weighted by Gasteiger charge is 2.18. The number of carbonyl (C=O) groups excluding carboxylic acids is 1. The van der Waals surface area contributed by atoms with Crippen LogP contribution in [0.5, 0.6) is 0 Å². The third-order valence-electron chi connectivity index (χ3n) is 5.48. The monoisotopic (exact) mass is 407 g/mol. The number of carbonyl (C=O) groups is 1. The van der Waals surface area contributed by atoms with Gasteiger partial charge in [-0.3, -0.25) is 9.69 Å². The van der Waals surface area contributed by atoms with Crippen molar-refractivity contribution in [2.24, 2.45) is 0 Å². The Morgan fingerprint density at radius 3 is 2.67 bits per heavy atom. The first kappa shape index (κ1) is 20.5. The molecule has 3 aromatic rings. The molecule has 0 bridgehead atoms. The summed E-state index contributed by atoms with van der Waals surface area (Å²) in [6.45, 7) is 10.8. The molecule has 7 heteroatoms. The van der Waals surface area contributed by atoms with Crippen LogP contribution < -0.4 is 5.32 Å². The van der Waals surface area contributed by atoms with Gasteiger partial charge in [0, 0.05) is 37.9 Å². The molecule has 0 atom stereocenters. The number of aromatic nitrogens is 3. The van der Waals surface area contributed by atoms with Crippen LogP contribution in [0.2, 0.25) is 0 Å². The number of nitrogens with zero attached hydrogens (tertiary/aromatic N) is 4. The van der Waals surface area contributed by atoms with Crippen LogP contribution in [-0.2, 0) is 17.8 Å². The van der Waals surface area contributed by atoms with Crippen molar-refractivity contribution in [3.63, 3.8) is 0 Å². The van der Waals surface area contributed by atoms with Crippen molar-refractivity contribution in [2.45, 2.75) is 39.9 Å². The Morgan fingerprint density at radius 2 is 1.93 bits per heavy atom. The maximum absolute atomic E-state index is 13.1. The molecule has 1 aliphatic heterocycles. The van der Waals surface area contributed by atoms with E-state index < -0.39 is 0 Å². The fourth-order valence-corrected chi connectivity index (χ4v) is 3.86. The van der Waals surface area contributed by atoms with Crippen LogP contribution in [0.15, 0.2) is 36.5 Å². The fraction of sp³-hybridized carbons (Fsp3) is 0.435. The average Bonchev–Trinajstić information content (AvgIpc) is 3.17. The van der Waals surface area contributed by atoms with Gasteiger partial charge in [-0.05, 0) is 38.0 Å². The van der Waals surface area contributed by atoms with Gasteiger partial charge >= 0.3 is 0 Å². The standard InChI is InChI=1S/C23H29N5O2/c1-16(2)28-22-21(14-25-28)20(12-17(3)26-22)23(29)24-13-18-6-4-5-7-19(18)15-27-8-10-30-11-9-27/h4-7,12,14,16H,8-11,13,15H2,1-3H3,(H,24,29). The van der Waals surface area contributed by atoms with E-state index in [0.717, 1.165) is 55.1 Å². The molecule has 3 heterocycles. The highest BCUT2D eigenvalue weighted by Crippen LogP contribution is 2.21. The molecule has 1 fully saturated rings. The predicted molar refractivity (Wildman–Crippen MR) is 116 cm³/mol. The topological polar surface area (TPSA) is 72.3 Å². The van der Waals surface area contributed by atoms with Crippen LogP contribution in [0.1, 0.15) is 47.1 Å². The Hall–Kier alpha value is -2.77. The molecule has 1 amide bonds. The van der Waals surface area contributed by atoms with Gasteiger partial charge in [0.25, 0.3) is 5.91 Å². The van der Waals surface area contributed by atoms with E-state index in [1.54, 1.807) is 6.20 Å². The zero-order valence-corrected chi connectivity index (χ0v) is 17.9. The van der Waals surface area contributed by atoms with E-state index >= 15 is 0 Å². The van der Waals surface area contributed by atoms with Gasteiger partial charge in [-0.25, -0.2) is 9.67 Å². The molecule has 1 saturated heterocycles. The second kappa shape index (κ2) is 8.93. The van der Waals surface area contributed by atoms with Crippen molar-refractivity contribution >= 4 is 16.9 Å². The lowest BCUT2D eigenvalue weighted by atomic mass is 10.1. The van der Waals surface area contributed by atoms with Crippen LogP contribution in [0.25, 0.3) is 11.0 Å². The number of benzene rings is 1. The summed E-state index contributed by atoms with van der Waals surface area (Å²) in [6, 6.07) is 10.3. The van der Waals surface area contributed by atoms with E-state index in [1.165, 1.54) is 5.56 Å². The lowest BCUT2D eigenvalue weighted by molar-refractivity contribution is 0.0340. The molecular weight excluding hydrogens is 378 g/mol. The van der Waals surface area contributed by atoms with Gasteiger partial charge in [-0.2, -0.15) is 5.10 Å². The molecule has 1 aliphatic rings. The summed E-state index contributed by atoms with van der Waals surface area (Å²) < 4.78 is 7.30. The van der Waals surface area contributed by atoms with E-state index in [2.05, 4.69) is 52.3 Å². The Kier molecular flexibility index (Phi) is 6.11. The highest BCUT2D eigenvalue weighted by molar-refractivity contribution is 6.05. The smallest absolute Gasteiger partial charge is 0.252 e. The van der Waals surface area contributed by atoms with Crippen molar-refractivity contribution in [3.8, 4) is 0 Å². The largest absolute Gasteiger partial charge is 0.379 e. The number of ether oxygens (including phenoxy) is 1.